The molecule has 0 unspecified atom stereocenters. The Balaban J connectivity index is 0.00000544. The van der Waals surface area contributed by atoms with Crippen molar-refractivity contribution in [3.8, 4) is 34.5 Å². The van der Waals surface area contributed by atoms with Gasteiger partial charge in [-0.25, -0.2) is 9.13 Å². The fourth-order valence-corrected chi connectivity index (χ4v) is 3.50. The molecule has 2 rings (SSSR count). The predicted octanol–water partition coefficient (Wildman–Crippen LogP) is 1.51. The van der Waals surface area contributed by atoms with Gasteiger partial charge in [-0.05, 0) is 24.3 Å². The number of rotatable bonds is 10. The number of phosphoric acid groups is 2. The quantitative estimate of drug-likeness (QED) is 0.202. The van der Waals surface area contributed by atoms with Crippen LogP contribution >= 0.6 is 15.6 Å². The molecule has 0 fully saturated rings. The van der Waals surface area contributed by atoms with E-state index < -0.39 is 38.5 Å². The summed E-state index contributed by atoms with van der Waals surface area (Å²) in [4.78, 5) is 50.2. The first-order valence-electron chi connectivity index (χ1n) is 8.41. The average molecular weight is 517 g/mol. The van der Waals surface area contributed by atoms with Crippen LogP contribution in [0.25, 0.3) is 0 Å². The Morgan fingerprint density at radius 3 is 1.55 bits per heavy atom. The van der Waals surface area contributed by atoms with Gasteiger partial charge in [0, 0.05) is 35.1 Å². The molecule has 0 amide bonds. The van der Waals surface area contributed by atoms with Crippen LogP contribution < -0.4 is 28.0 Å². The fraction of sp³-hybridized carbons (Fsp3) is 0.235. The van der Waals surface area contributed by atoms with Gasteiger partial charge in [0.1, 0.15) is 0 Å². The summed E-state index contributed by atoms with van der Waals surface area (Å²) in [6, 6.07) is 4.70. The van der Waals surface area contributed by atoms with Gasteiger partial charge in [-0.2, -0.15) is 0 Å². The summed E-state index contributed by atoms with van der Waals surface area (Å²) >= 11 is 0. The molecule has 1 radical (unpaired) electrons. The maximum Gasteiger partial charge on any atom is 0.525 e. The van der Waals surface area contributed by atoms with Crippen molar-refractivity contribution in [2.24, 2.45) is 0 Å². The number of carbonyl (C=O) groups excluding carboxylic acids is 1. The number of methoxy groups -OCH3 is 4. The average Bonchev–Trinajstić information content (AvgIpc) is 2.71. The van der Waals surface area contributed by atoms with Crippen molar-refractivity contribution in [2.45, 2.75) is 0 Å². The molecule has 2 aromatic rings. The number of benzene rings is 2. The van der Waals surface area contributed by atoms with Gasteiger partial charge in [-0.15, -0.1) is 0 Å². The summed E-state index contributed by atoms with van der Waals surface area (Å²) < 4.78 is 52.5. The Morgan fingerprint density at radius 2 is 1.15 bits per heavy atom. The summed E-state index contributed by atoms with van der Waals surface area (Å²) in [5.74, 6) is -2.69. The standard InChI is InChI=1S/C17H20O13P2.Na/c1-25-11-6-5-10(15(29-31(19,20)21)17(11)30-32(22,23)24)14(18)9-7-12(26-2)16(28-4)13(8-9)27-3;/h5-8H,1-4H3,(H2,19,20,21)(H2,22,23,24);. The molecule has 33 heavy (non-hydrogen) atoms. The Morgan fingerprint density at radius 1 is 0.697 bits per heavy atom. The monoisotopic (exact) mass is 517 g/mol. The summed E-state index contributed by atoms with van der Waals surface area (Å²) in [5, 5.41) is 0. The summed E-state index contributed by atoms with van der Waals surface area (Å²) in [5.41, 5.74) is -0.603. The third kappa shape index (κ3) is 7.35. The van der Waals surface area contributed by atoms with Crippen molar-refractivity contribution in [2.75, 3.05) is 28.4 Å². The second-order valence-electron chi connectivity index (χ2n) is 5.88. The van der Waals surface area contributed by atoms with Gasteiger partial charge in [0.05, 0.1) is 34.0 Å². The van der Waals surface area contributed by atoms with Crippen LogP contribution in [0.5, 0.6) is 34.5 Å². The minimum Gasteiger partial charge on any atom is -0.493 e. The molecule has 0 aliphatic heterocycles. The molecule has 0 aromatic heterocycles. The van der Waals surface area contributed by atoms with Gasteiger partial charge >= 0.3 is 15.6 Å². The maximum atomic E-state index is 13.2. The molecule has 0 aliphatic rings. The van der Waals surface area contributed by atoms with E-state index in [1.165, 1.54) is 33.5 Å². The minimum atomic E-state index is -5.32. The van der Waals surface area contributed by atoms with Gasteiger partial charge in [-0.1, -0.05) is 0 Å². The van der Waals surface area contributed by atoms with E-state index in [2.05, 4.69) is 9.05 Å². The van der Waals surface area contributed by atoms with E-state index in [1.54, 1.807) is 0 Å². The Kier molecular flexibility index (Phi) is 10.2. The van der Waals surface area contributed by atoms with Gasteiger partial charge in [0.15, 0.2) is 28.8 Å². The van der Waals surface area contributed by atoms with Crippen LogP contribution in [0.4, 0.5) is 0 Å². The molecule has 0 heterocycles. The van der Waals surface area contributed by atoms with Gasteiger partial charge in [0.25, 0.3) is 0 Å². The van der Waals surface area contributed by atoms with Crippen LogP contribution in [0, 0.1) is 0 Å². The molecule has 0 spiro atoms. The zero-order valence-electron chi connectivity index (χ0n) is 18.2. The molecule has 0 aliphatic carbocycles. The number of ketones is 1. The molecule has 4 N–H and O–H groups in total. The van der Waals surface area contributed by atoms with Crippen LogP contribution in [0.2, 0.25) is 0 Å². The minimum absolute atomic E-state index is 0. The molecule has 177 valence electrons. The molecular weight excluding hydrogens is 497 g/mol. The normalized spacial score (nSPS) is 11.2. The Labute approximate surface area is 210 Å². The molecular formula is C17H20NaO13P2. The maximum absolute atomic E-state index is 13.2. The van der Waals surface area contributed by atoms with Gasteiger partial charge in [0.2, 0.25) is 11.5 Å². The number of hydrogen-bond acceptors (Lipinski definition) is 9. The molecule has 13 nitrogen and oxygen atoms in total. The molecule has 0 atom stereocenters. The number of carbonyl (C=O) groups is 1. The molecule has 16 heteroatoms. The molecule has 2 aromatic carbocycles. The van der Waals surface area contributed by atoms with Crippen molar-refractivity contribution in [1.29, 1.82) is 0 Å². The van der Waals surface area contributed by atoms with Crippen LogP contribution in [-0.4, -0.2) is 83.4 Å². The van der Waals surface area contributed by atoms with Crippen molar-refractivity contribution < 1.29 is 61.5 Å². The first-order chi connectivity index (χ1) is 14.8. The number of ether oxygens (including phenoxy) is 4. The number of hydrogen-bond donors (Lipinski definition) is 4. The van der Waals surface area contributed by atoms with E-state index in [4.69, 9.17) is 18.9 Å². The van der Waals surface area contributed by atoms with Crippen molar-refractivity contribution in [1.82, 2.24) is 0 Å². The zero-order valence-corrected chi connectivity index (χ0v) is 22.0. The SMILES string of the molecule is COc1cc(C(=O)c2ccc(OC)c(OP(=O)(O)O)c2OP(=O)(O)O)cc(OC)c1OC.[Na]. The van der Waals surface area contributed by atoms with Crippen molar-refractivity contribution in [3.63, 3.8) is 0 Å². The summed E-state index contributed by atoms with van der Waals surface area (Å²) in [7, 11) is -5.50. The topological polar surface area (TPSA) is 188 Å². The van der Waals surface area contributed by atoms with E-state index in [0.717, 1.165) is 19.2 Å². The van der Waals surface area contributed by atoms with Crippen LogP contribution in [0.3, 0.4) is 0 Å². The number of phosphoric ester groups is 2. The smallest absolute Gasteiger partial charge is 0.493 e. The predicted molar refractivity (Wildman–Crippen MR) is 114 cm³/mol. The zero-order chi connectivity index (χ0) is 24.3. The van der Waals surface area contributed by atoms with Crippen LogP contribution in [0.15, 0.2) is 24.3 Å². The fourth-order valence-electron chi connectivity index (χ4n) is 2.67. The van der Waals surface area contributed by atoms with Crippen molar-refractivity contribution in [3.05, 3.63) is 35.4 Å². The van der Waals surface area contributed by atoms with Crippen LogP contribution in [0.1, 0.15) is 15.9 Å². The Hall–Kier alpha value is -1.79. The largest absolute Gasteiger partial charge is 0.525 e. The van der Waals surface area contributed by atoms with E-state index in [9.17, 15) is 33.5 Å². The van der Waals surface area contributed by atoms with E-state index in [1.807, 2.05) is 0 Å². The Bertz CT molecular complexity index is 1080. The first-order valence-corrected chi connectivity index (χ1v) is 11.5. The molecule has 0 saturated heterocycles. The van der Waals surface area contributed by atoms with E-state index in [0.29, 0.717) is 0 Å². The third-order valence-electron chi connectivity index (χ3n) is 3.89. The van der Waals surface area contributed by atoms with E-state index in [-0.39, 0.29) is 58.1 Å². The second kappa shape index (κ2) is 11.6. The first kappa shape index (κ1) is 29.2. The summed E-state index contributed by atoms with van der Waals surface area (Å²) in [6.45, 7) is 0. The molecule has 0 saturated carbocycles. The second-order valence-corrected chi connectivity index (χ2v) is 8.21. The van der Waals surface area contributed by atoms with Crippen molar-refractivity contribution >= 4 is 51.0 Å². The molecule has 0 bridgehead atoms. The van der Waals surface area contributed by atoms with Gasteiger partial charge < -0.3 is 28.0 Å². The van der Waals surface area contributed by atoms with Gasteiger partial charge in [-0.3, -0.25) is 24.4 Å². The van der Waals surface area contributed by atoms with E-state index >= 15 is 0 Å². The van der Waals surface area contributed by atoms with Crippen LogP contribution in [-0.2, 0) is 9.13 Å². The third-order valence-corrected chi connectivity index (χ3v) is 4.73. The summed E-state index contributed by atoms with van der Waals surface area (Å²) in [6.07, 6.45) is 0.